The van der Waals surface area contributed by atoms with Crippen LogP contribution in [0.15, 0.2) is 30.3 Å². The van der Waals surface area contributed by atoms with E-state index in [9.17, 15) is 4.79 Å². The highest BCUT2D eigenvalue weighted by molar-refractivity contribution is 6.30. The molecule has 5 nitrogen and oxygen atoms in total. The minimum atomic E-state index is -2.17. The highest BCUT2D eigenvalue weighted by Crippen LogP contribution is 1.98. The van der Waals surface area contributed by atoms with Crippen molar-refractivity contribution in [3.63, 3.8) is 0 Å². The minimum Gasteiger partial charge on any atom is -0.481 e. The van der Waals surface area contributed by atoms with Crippen LogP contribution >= 0.6 is 0 Å². The SMILES string of the molecule is O=C(O)Cc1ccccc1.OB(O)O. The summed E-state index contributed by atoms with van der Waals surface area (Å²) >= 11 is 0. The van der Waals surface area contributed by atoms with Crippen molar-refractivity contribution in [1.29, 1.82) is 0 Å². The molecule has 1 aromatic rings. The normalized spacial score (nSPS) is 8.50. The Balaban J connectivity index is 0.000000364. The number of aliphatic carboxylic acids is 1. The van der Waals surface area contributed by atoms with Crippen LogP contribution < -0.4 is 0 Å². The van der Waals surface area contributed by atoms with Crippen LogP contribution in [0.3, 0.4) is 0 Å². The smallest absolute Gasteiger partial charge is 0.481 e. The monoisotopic (exact) mass is 198 g/mol. The van der Waals surface area contributed by atoms with Crippen molar-refractivity contribution in [2.75, 3.05) is 0 Å². The third-order valence-electron chi connectivity index (χ3n) is 1.20. The lowest BCUT2D eigenvalue weighted by Crippen LogP contribution is -2.07. The molecule has 0 aliphatic heterocycles. The summed E-state index contributed by atoms with van der Waals surface area (Å²) in [6, 6.07) is 9.13. The van der Waals surface area contributed by atoms with Crippen molar-refractivity contribution in [3.8, 4) is 0 Å². The second-order valence-electron chi connectivity index (χ2n) is 2.40. The van der Waals surface area contributed by atoms with Crippen LogP contribution in [-0.2, 0) is 11.2 Å². The summed E-state index contributed by atoms with van der Waals surface area (Å²) in [7, 11) is -2.17. The zero-order valence-corrected chi connectivity index (χ0v) is 7.37. The van der Waals surface area contributed by atoms with E-state index in [1.165, 1.54) is 0 Å². The van der Waals surface area contributed by atoms with Crippen LogP contribution in [0, 0.1) is 0 Å². The van der Waals surface area contributed by atoms with Gasteiger partial charge in [-0.15, -0.1) is 0 Å². The fourth-order valence-corrected chi connectivity index (χ4v) is 0.770. The molecule has 0 saturated carbocycles. The van der Waals surface area contributed by atoms with E-state index in [1.807, 2.05) is 18.2 Å². The Kier molecular flexibility index (Phi) is 6.39. The third-order valence-corrected chi connectivity index (χ3v) is 1.20. The molecule has 6 heteroatoms. The first kappa shape index (κ1) is 12.6. The Labute approximate surface area is 81.4 Å². The van der Waals surface area contributed by atoms with Gasteiger partial charge in [-0.3, -0.25) is 4.79 Å². The topological polar surface area (TPSA) is 98.0 Å². The number of benzene rings is 1. The number of hydrogen-bond acceptors (Lipinski definition) is 4. The molecule has 14 heavy (non-hydrogen) atoms. The minimum absolute atomic E-state index is 0.112. The van der Waals surface area contributed by atoms with Crippen LogP contribution in [0.1, 0.15) is 5.56 Å². The number of carboxylic acids is 1. The van der Waals surface area contributed by atoms with Gasteiger partial charge in [-0.25, -0.2) is 0 Å². The number of hydrogen-bond donors (Lipinski definition) is 4. The van der Waals surface area contributed by atoms with Gasteiger partial charge in [-0.1, -0.05) is 30.3 Å². The van der Waals surface area contributed by atoms with Crippen molar-refractivity contribution in [3.05, 3.63) is 35.9 Å². The van der Waals surface area contributed by atoms with Gasteiger partial charge in [0.1, 0.15) is 0 Å². The molecule has 0 amide bonds. The average molecular weight is 198 g/mol. The summed E-state index contributed by atoms with van der Waals surface area (Å²) in [5, 5.41) is 29.9. The number of rotatable bonds is 2. The van der Waals surface area contributed by atoms with E-state index in [-0.39, 0.29) is 6.42 Å². The molecule has 0 aliphatic rings. The summed E-state index contributed by atoms with van der Waals surface area (Å²) < 4.78 is 0. The highest BCUT2D eigenvalue weighted by Gasteiger charge is 1.96. The van der Waals surface area contributed by atoms with E-state index in [1.54, 1.807) is 12.1 Å². The molecule has 1 aromatic carbocycles. The maximum atomic E-state index is 10.2. The summed E-state index contributed by atoms with van der Waals surface area (Å²) in [6.45, 7) is 0. The molecular formula is C8H11BO5. The van der Waals surface area contributed by atoms with E-state index in [4.69, 9.17) is 20.2 Å². The van der Waals surface area contributed by atoms with Crippen LogP contribution in [-0.4, -0.2) is 33.5 Å². The van der Waals surface area contributed by atoms with Crippen LogP contribution in [0.25, 0.3) is 0 Å². The lowest BCUT2D eigenvalue weighted by atomic mass is 10.2. The van der Waals surface area contributed by atoms with Gasteiger partial charge in [-0.2, -0.15) is 0 Å². The Hall–Kier alpha value is -1.37. The Morgan fingerprint density at radius 3 is 1.93 bits per heavy atom. The molecule has 0 bridgehead atoms. The zero-order chi connectivity index (χ0) is 11.0. The van der Waals surface area contributed by atoms with Gasteiger partial charge >= 0.3 is 13.3 Å². The van der Waals surface area contributed by atoms with E-state index in [2.05, 4.69) is 0 Å². The van der Waals surface area contributed by atoms with Gasteiger partial charge in [-0.05, 0) is 5.56 Å². The Morgan fingerprint density at radius 1 is 1.14 bits per heavy atom. The van der Waals surface area contributed by atoms with Gasteiger partial charge < -0.3 is 20.2 Å². The predicted octanol–water partition coefficient (Wildman–Crippen LogP) is -0.738. The first-order valence-electron chi connectivity index (χ1n) is 3.82. The molecule has 0 radical (unpaired) electrons. The second kappa shape index (κ2) is 7.08. The van der Waals surface area contributed by atoms with Gasteiger partial charge in [0.15, 0.2) is 0 Å². The maximum absolute atomic E-state index is 10.2. The van der Waals surface area contributed by atoms with Crippen molar-refractivity contribution >= 4 is 13.3 Å². The van der Waals surface area contributed by atoms with E-state index >= 15 is 0 Å². The number of carboxylic acid groups (broad SMARTS) is 1. The summed E-state index contributed by atoms with van der Waals surface area (Å²) in [5.41, 5.74) is 0.843. The molecule has 76 valence electrons. The molecule has 0 spiro atoms. The van der Waals surface area contributed by atoms with Crippen molar-refractivity contribution in [2.45, 2.75) is 6.42 Å². The van der Waals surface area contributed by atoms with Gasteiger partial charge in [0, 0.05) is 0 Å². The maximum Gasteiger partial charge on any atom is 0.631 e. The number of carbonyl (C=O) groups is 1. The van der Waals surface area contributed by atoms with Gasteiger partial charge in [0.2, 0.25) is 0 Å². The summed E-state index contributed by atoms with van der Waals surface area (Å²) in [4.78, 5) is 10.2. The third kappa shape index (κ3) is 8.73. The molecule has 0 fully saturated rings. The van der Waals surface area contributed by atoms with Crippen LogP contribution in [0.2, 0.25) is 0 Å². The fourth-order valence-electron chi connectivity index (χ4n) is 0.770. The van der Waals surface area contributed by atoms with Gasteiger partial charge in [0.25, 0.3) is 0 Å². The first-order valence-corrected chi connectivity index (χ1v) is 3.82. The largest absolute Gasteiger partial charge is 0.631 e. The predicted molar refractivity (Wildman–Crippen MR) is 50.2 cm³/mol. The van der Waals surface area contributed by atoms with E-state index in [0.29, 0.717) is 0 Å². The lowest BCUT2D eigenvalue weighted by molar-refractivity contribution is -0.136. The second-order valence-corrected chi connectivity index (χ2v) is 2.40. The molecular weight excluding hydrogens is 187 g/mol. The van der Waals surface area contributed by atoms with E-state index < -0.39 is 13.3 Å². The standard InChI is InChI=1S/C8H8O2.BH3O3/c9-8(10)6-7-4-2-1-3-5-7;2-1(3)4/h1-5H,6H2,(H,9,10);2-4H. The molecule has 0 aromatic heterocycles. The zero-order valence-electron chi connectivity index (χ0n) is 7.37. The molecule has 0 saturated heterocycles. The quantitative estimate of drug-likeness (QED) is 0.469. The van der Waals surface area contributed by atoms with Crippen molar-refractivity contribution in [1.82, 2.24) is 0 Å². The molecule has 4 N–H and O–H groups in total. The summed E-state index contributed by atoms with van der Waals surface area (Å²) in [5.74, 6) is -0.786. The molecule has 0 heterocycles. The molecule has 0 atom stereocenters. The van der Waals surface area contributed by atoms with Crippen LogP contribution in [0.5, 0.6) is 0 Å². The highest BCUT2D eigenvalue weighted by atomic mass is 16.5. The Bertz CT molecular complexity index is 259. The summed E-state index contributed by atoms with van der Waals surface area (Å²) in [6.07, 6.45) is 0.112. The van der Waals surface area contributed by atoms with E-state index in [0.717, 1.165) is 5.56 Å². The molecule has 1 rings (SSSR count). The molecule has 0 unspecified atom stereocenters. The van der Waals surface area contributed by atoms with Gasteiger partial charge in [0.05, 0.1) is 6.42 Å². The van der Waals surface area contributed by atoms with Crippen molar-refractivity contribution in [2.24, 2.45) is 0 Å². The lowest BCUT2D eigenvalue weighted by Gasteiger charge is -1.92. The fraction of sp³-hybridized carbons (Fsp3) is 0.125. The Morgan fingerprint density at radius 2 is 1.57 bits per heavy atom. The molecule has 0 aliphatic carbocycles. The average Bonchev–Trinajstić information content (AvgIpc) is 2.03. The first-order chi connectivity index (χ1) is 6.52. The van der Waals surface area contributed by atoms with Crippen molar-refractivity contribution < 1.29 is 25.0 Å². The van der Waals surface area contributed by atoms with Crippen LogP contribution in [0.4, 0.5) is 0 Å².